The van der Waals surface area contributed by atoms with E-state index in [4.69, 9.17) is 9.47 Å². The van der Waals surface area contributed by atoms with E-state index in [1.54, 1.807) is 0 Å². The van der Waals surface area contributed by atoms with Gasteiger partial charge in [-0.05, 0) is 19.3 Å². The molecule has 0 N–H and O–H groups in total. The molecule has 0 aromatic carbocycles. The van der Waals surface area contributed by atoms with Crippen LogP contribution in [0.15, 0.2) is 12.7 Å². The maximum absolute atomic E-state index is 10.8. The normalized spacial score (nSPS) is 32.3. The number of rotatable bonds is 3. The Labute approximate surface area is 85.1 Å². The molecule has 0 amide bonds. The number of hydrogen-bond acceptors (Lipinski definition) is 3. The van der Waals surface area contributed by atoms with E-state index in [1.807, 2.05) is 13.0 Å². The first kappa shape index (κ1) is 11.2. The van der Waals surface area contributed by atoms with Gasteiger partial charge in [-0.15, -0.1) is 6.58 Å². The summed E-state index contributed by atoms with van der Waals surface area (Å²) in [6.45, 7) is 7.12. The number of hydrogen-bond donors (Lipinski definition) is 0. The molecule has 0 radical (unpaired) electrons. The van der Waals surface area contributed by atoms with Crippen molar-refractivity contribution in [2.75, 3.05) is 0 Å². The summed E-state index contributed by atoms with van der Waals surface area (Å²) in [5, 5.41) is 0. The number of esters is 1. The molecule has 0 bridgehead atoms. The van der Waals surface area contributed by atoms with Crippen molar-refractivity contribution in [1.82, 2.24) is 0 Å². The summed E-state index contributed by atoms with van der Waals surface area (Å²) in [6, 6.07) is 0. The smallest absolute Gasteiger partial charge is 0.304 e. The molecule has 14 heavy (non-hydrogen) atoms. The van der Waals surface area contributed by atoms with Crippen molar-refractivity contribution < 1.29 is 14.3 Å². The van der Waals surface area contributed by atoms with Gasteiger partial charge in [0.25, 0.3) is 0 Å². The van der Waals surface area contributed by atoms with Crippen molar-refractivity contribution in [3.8, 4) is 0 Å². The lowest BCUT2D eigenvalue weighted by Gasteiger charge is -2.33. The number of ether oxygens (including phenoxy) is 2. The quantitative estimate of drug-likeness (QED) is 0.515. The molecule has 0 aromatic heterocycles. The Morgan fingerprint density at radius 3 is 2.93 bits per heavy atom. The molecule has 1 saturated heterocycles. The molecule has 1 aliphatic rings. The lowest BCUT2D eigenvalue weighted by Crippen LogP contribution is -2.36. The Bertz CT molecular complexity index is 213. The summed E-state index contributed by atoms with van der Waals surface area (Å²) in [7, 11) is 0. The van der Waals surface area contributed by atoms with Gasteiger partial charge in [-0.25, -0.2) is 0 Å². The number of carbonyl (C=O) groups is 1. The van der Waals surface area contributed by atoms with Crippen LogP contribution in [-0.4, -0.2) is 18.4 Å². The van der Waals surface area contributed by atoms with Crippen molar-refractivity contribution in [2.24, 2.45) is 5.92 Å². The fourth-order valence-corrected chi connectivity index (χ4v) is 1.64. The van der Waals surface area contributed by atoms with Crippen LogP contribution in [0.3, 0.4) is 0 Å². The third-order valence-electron chi connectivity index (χ3n) is 2.45. The van der Waals surface area contributed by atoms with Crippen LogP contribution in [0, 0.1) is 5.92 Å². The molecule has 0 aliphatic carbocycles. The van der Waals surface area contributed by atoms with Gasteiger partial charge in [-0.2, -0.15) is 0 Å². The van der Waals surface area contributed by atoms with Gasteiger partial charge >= 0.3 is 5.97 Å². The molecule has 0 aromatic rings. The molecule has 3 heteroatoms. The molecule has 1 heterocycles. The Morgan fingerprint density at radius 2 is 2.36 bits per heavy atom. The summed E-state index contributed by atoms with van der Waals surface area (Å²) in [5.41, 5.74) is 0. The Kier molecular flexibility index (Phi) is 4.14. The van der Waals surface area contributed by atoms with E-state index in [1.165, 1.54) is 6.92 Å². The first-order valence-electron chi connectivity index (χ1n) is 5.07. The second-order valence-electron chi connectivity index (χ2n) is 3.81. The third-order valence-corrected chi connectivity index (χ3v) is 2.45. The highest BCUT2D eigenvalue weighted by Gasteiger charge is 2.29. The zero-order chi connectivity index (χ0) is 10.6. The molecular weight excluding hydrogens is 180 g/mol. The van der Waals surface area contributed by atoms with E-state index < -0.39 is 0 Å². The molecule has 0 unspecified atom stereocenters. The average Bonchev–Trinajstić information content (AvgIpc) is 2.10. The minimum Gasteiger partial charge on any atom is -0.436 e. The lowest BCUT2D eigenvalue weighted by molar-refractivity contribution is -0.216. The largest absolute Gasteiger partial charge is 0.436 e. The standard InChI is InChI=1S/C11H18O3/c1-4-5-10-7-6-8(2)11(14-10)13-9(3)12/h4,8,10-11H,1,5-7H2,2-3H3/t8-,10+,11+/m0/s1. The third kappa shape index (κ3) is 3.14. The molecule has 80 valence electrons. The highest BCUT2D eigenvalue weighted by Crippen LogP contribution is 2.27. The van der Waals surface area contributed by atoms with Crippen LogP contribution >= 0.6 is 0 Å². The fraction of sp³-hybridized carbons (Fsp3) is 0.727. The average molecular weight is 198 g/mol. The maximum atomic E-state index is 10.8. The lowest BCUT2D eigenvalue weighted by atomic mass is 9.97. The van der Waals surface area contributed by atoms with Gasteiger partial charge in [0.05, 0.1) is 6.10 Å². The molecule has 0 saturated carbocycles. The van der Waals surface area contributed by atoms with E-state index in [9.17, 15) is 4.79 Å². The number of carbonyl (C=O) groups excluding carboxylic acids is 1. The van der Waals surface area contributed by atoms with Crippen LogP contribution in [0.25, 0.3) is 0 Å². The predicted molar refractivity (Wildman–Crippen MR) is 53.6 cm³/mol. The van der Waals surface area contributed by atoms with Gasteiger partial charge in [0.1, 0.15) is 0 Å². The molecule has 1 rings (SSSR count). The summed E-state index contributed by atoms with van der Waals surface area (Å²) >= 11 is 0. The molecular formula is C11H18O3. The Morgan fingerprint density at radius 1 is 1.64 bits per heavy atom. The van der Waals surface area contributed by atoms with Crippen molar-refractivity contribution in [3.05, 3.63) is 12.7 Å². The Balaban J connectivity index is 2.45. The zero-order valence-electron chi connectivity index (χ0n) is 8.86. The summed E-state index contributed by atoms with van der Waals surface area (Å²) < 4.78 is 10.7. The minimum absolute atomic E-state index is 0.160. The second kappa shape index (κ2) is 5.15. The zero-order valence-corrected chi connectivity index (χ0v) is 8.86. The van der Waals surface area contributed by atoms with Gasteiger partial charge in [-0.1, -0.05) is 13.0 Å². The monoisotopic (exact) mass is 198 g/mol. The summed E-state index contributed by atoms with van der Waals surface area (Å²) in [5.74, 6) is 0.0149. The van der Waals surface area contributed by atoms with Gasteiger partial charge < -0.3 is 9.47 Å². The van der Waals surface area contributed by atoms with Crippen LogP contribution in [-0.2, 0) is 14.3 Å². The van der Waals surface area contributed by atoms with Crippen molar-refractivity contribution in [1.29, 1.82) is 0 Å². The summed E-state index contributed by atoms with van der Waals surface area (Å²) in [6.07, 6.45) is 4.51. The van der Waals surface area contributed by atoms with E-state index in [0.29, 0.717) is 5.92 Å². The van der Waals surface area contributed by atoms with Crippen LogP contribution in [0.1, 0.15) is 33.1 Å². The molecule has 3 nitrogen and oxygen atoms in total. The van der Waals surface area contributed by atoms with E-state index in [-0.39, 0.29) is 18.4 Å². The van der Waals surface area contributed by atoms with Crippen molar-refractivity contribution in [3.63, 3.8) is 0 Å². The molecule has 1 aliphatic heterocycles. The van der Waals surface area contributed by atoms with Crippen LogP contribution in [0.5, 0.6) is 0 Å². The Hall–Kier alpha value is -0.830. The van der Waals surface area contributed by atoms with Gasteiger partial charge in [-0.3, -0.25) is 4.79 Å². The van der Waals surface area contributed by atoms with Gasteiger partial charge in [0.15, 0.2) is 0 Å². The van der Waals surface area contributed by atoms with Gasteiger partial charge in [0.2, 0.25) is 6.29 Å². The van der Waals surface area contributed by atoms with Crippen LogP contribution < -0.4 is 0 Å². The topological polar surface area (TPSA) is 35.5 Å². The van der Waals surface area contributed by atoms with E-state index in [0.717, 1.165) is 19.3 Å². The molecule has 3 atom stereocenters. The highest BCUT2D eigenvalue weighted by atomic mass is 16.7. The first-order chi connectivity index (χ1) is 6.63. The van der Waals surface area contributed by atoms with Crippen molar-refractivity contribution in [2.45, 2.75) is 45.5 Å². The molecule has 0 spiro atoms. The SMILES string of the molecule is C=CC[C@@H]1CC[C@H](C)[C@H](OC(C)=O)O1. The van der Waals surface area contributed by atoms with Crippen LogP contribution in [0.4, 0.5) is 0 Å². The summed E-state index contributed by atoms with van der Waals surface area (Å²) in [4.78, 5) is 10.8. The molecule has 1 fully saturated rings. The second-order valence-corrected chi connectivity index (χ2v) is 3.81. The van der Waals surface area contributed by atoms with E-state index in [2.05, 4.69) is 6.58 Å². The van der Waals surface area contributed by atoms with Crippen LogP contribution in [0.2, 0.25) is 0 Å². The predicted octanol–water partition coefficient (Wildman–Crippen LogP) is 2.27. The van der Waals surface area contributed by atoms with E-state index >= 15 is 0 Å². The van der Waals surface area contributed by atoms with Crippen molar-refractivity contribution >= 4 is 5.97 Å². The van der Waals surface area contributed by atoms with Gasteiger partial charge in [0, 0.05) is 12.8 Å². The fourth-order valence-electron chi connectivity index (χ4n) is 1.64. The first-order valence-corrected chi connectivity index (χ1v) is 5.07. The highest BCUT2D eigenvalue weighted by molar-refractivity contribution is 5.66. The minimum atomic E-state index is -0.369. The maximum Gasteiger partial charge on any atom is 0.304 e.